The van der Waals surface area contributed by atoms with E-state index in [9.17, 15) is 0 Å². The van der Waals surface area contributed by atoms with E-state index in [1.54, 1.807) is 0 Å². The largest absolute Gasteiger partial charge is 0.0622 e. The number of benzene rings is 3. The predicted molar refractivity (Wildman–Crippen MR) is 96.9 cm³/mol. The first kappa shape index (κ1) is 17.5. The van der Waals surface area contributed by atoms with Crippen molar-refractivity contribution in [2.24, 2.45) is 0 Å². The van der Waals surface area contributed by atoms with Crippen LogP contribution in [0.3, 0.4) is 0 Å². The maximum absolute atomic E-state index is 4.73. The molecule has 0 saturated carbocycles. The van der Waals surface area contributed by atoms with E-state index < -0.39 is 7.92 Å². The Morgan fingerprint density at radius 3 is 0.955 bits per heavy atom. The molecule has 3 rings (SSSR count). The molecular formula is C18H15Cl2CoP. The van der Waals surface area contributed by atoms with Gasteiger partial charge in [0.1, 0.15) is 0 Å². The maximum atomic E-state index is 4.73. The van der Waals surface area contributed by atoms with Crippen LogP contribution in [0, 0.1) is 0 Å². The zero-order valence-electron chi connectivity index (χ0n) is 11.7. The van der Waals surface area contributed by atoms with Crippen LogP contribution in [0.1, 0.15) is 0 Å². The normalized spacial score (nSPS) is 10.1. The summed E-state index contributed by atoms with van der Waals surface area (Å²) in [5.74, 6) is 0. The van der Waals surface area contributed by atoms with Gasteiger partial charge in [0.25, 0.3) is 0 Å². The quantitative estimate of drug-likeness (QED) is 0.561. The molecule has 0 saturated heterocycles. The van der Waals surface area contributed by atoms with Gasteiger partial charge in [-0.1, -0.05) is 91.0 Å². The molecule has 0 bridgehead atoms. The van der Waals surface area contributed by atoms with E-state index in [1.807, 2.05) is 0 Å². The van der Waals surface area contributed by atoms with Gasteiger partial charge in [-0.05, 0) is 23.8 Å². The number of hydrogen-bond acceptors (Lipinski definition) is 0. The van der Waals surface area contributed by atoms with E-state index in [0.717, 1.165) is 0 Å². The molecule has 4 heteroatoms. The van der Waals surface area contributed by atoms with Gasteiger partial charge in [-0.15, -0.1) is 0 Å². The summed E-state index contributed by atoms with van der Waals surface area (Å²) in [6.45, 7) is 0. The molecule has 3 aromatic carbocycles. The third kappa shape index (κ3) is 5.12. The molecular weight excluding hydrogens is 377 g/mol. The van der Waals surface area contributed by atoms with Gasteiger partial charge in [-0.25, -0.2) is 0 Å². The number of rotatable bonds is 3. The predicted octanol–water partition coefficient (Wildman–Crippen LogP) is 4.82. The second-order valence-corrected chi connectivity index (χ2v) is 8.33. The summed E-state index contributed by atoms with van der Waals surface area (Å²) in [4.78, 5) is 0. The van der Waals surface area contributed by atoms with Crippen molar-refractivity contribution < 1.29 is 12.9 Å². The van der Waals surface area contributed by atoms with Gasteiger partial charge in [0, 0.05) is 0 Å². The Kier molecular flexibility index (Phi) is 8.00. The third-order valence-electron chi connectivity index (χ3n) is 3.04. The average Bonchev–Trinajstić information content (AvgIpc) is 2.59. The SMILES string of the molecule is [Cl][Co][Cl].c1ccc(P(c2ccccc2)c2ccccc2)cc1. The summed E-state index contributed by atoms with van der Waals surface area (Å²) in [6, 6.07) is 32.3. The molecule has 0 atom stereocenters. The Labute approximate surface area is 147 Å². The van der Waals surface area contributed by atoms with Gasteiger partial charge in [0.2, 0.25) is 0 Å². The molecule has 0 spiro atoms. The fourth-order valence-electron chi connectivity index (χ4n) is 2.18. The molecule has 0 heterocycles. The molecule has 3 aromatic rings. The van der Waals surface area contributed by atoms with Crippen LogP contribution in [-0.2, 0) is 12.9 Å². The Morgan fingerprint density at radius 2 is 0.727 bits per heavy atom. The summed E-state index contributed by atoms with van der Waals surface area (Å²) >= 11 is 0.382. The van der Waals surface area contributed by atoms with Crippen molar-refractivity contribution >= 4 is 44.1 Å². The molecule has 0 aliphatic heterocycles. The minimum absolute atomic E-state index is 0.382. The third-order valence-corrected chi connectivity index (χ3v) is 5.49. The monoisotopic (exact) mass is 391 g/mol. The molecule has 0 radical (unpaired) electrons. The summed E-state index contributed by atoms with van der Waals surface area (Å²) in [5.41, 5.74) is 0. The smallest absolute Gasteiger partial charge is 0.0134 e. The Hall–Kier alpha value is -0.824. The van der Waals surface area contributed by atoms with Crippen molar-refractivity contribution in [2.45, 2.75) is 0 Å². The van der Waals surface area contributed by atoms with Gasteiger partial charge < -0.3 is 0 Å². The van der Waals surface area contributed by atoms with Crippen molar-refractivity contribution in [1.82, 2.24) is 0 Å². The van der Waals surface area contributed by atoms with E-state index in [4.69, 9.17) is 20.3 Å². The van der Waals surface area contributed by atoms with Crippen LogP contribution >= 0.6 is 28.2 Å². The molecule has 22 heavy (non-hydrogen) atoms. The molecule has 0 aliphatic carbocycles. The molecule has 0 unspecified atom stereocenters. The van der Waals surface area contributed by atoms with Crippen LogP contribution in [0.4, 0.5) is 0 Å². The first-order chi connectivity index (χ1) is 10.9. The zero-order valence-corrected chi connectivity index (χ0v) is 15.1. The van der Waals surface area contributed by atoms with Crippen LogP contribution in [0.15, 0.2) is 91.0 Å². The molecule has 0 aliphatic rings. The summed E-state index contributed by atoms with van der Waals surface area (Å²) in [7, 11) is 9.02. The Balaban J connectivity index is 0.000000545. The van der Waals surface area contributed by atoms with Crippen LogP contribution < -0.4 is 15.9 Å². The molecule has 0 N–H and O–H groups in total. The second kappa shape index (κ2) is 10.0. The van der Waals surface area contributed by atoms with Crippen molar-refractivity contribution in [1.29, 1.82) is 0 Å². The minimum Gasteiger partial charge on any atom is -0.0622 e. The van der Waals surface area contributed by atoms with E-state index in [0.29, 0.717) is 12.9 Å². The van der Waals surface area contributed by atoms with E-state index in [1.165, 1.54) is 15.9 Å². The Bertz CT molecular complexity index is 554. The van der Waals surface area contributed by atoms with Crippen LogP contribution in [0.25, 0.3) is 0 Å². The van der Waals surface area contributed by atoms with E-state index in [-0.39, 0.29) is 0 Å². The first-order valence-electron chi connectivity index (χ1n) is 6.65. The van der Waals surface area contributed by atoms with Gasteiger partial charge in [0.15, 0.2) is 0 Å². The van der Waals surface area contributed by atoms with Crippen LogP contribution in [0.2, 0.25) is 0 Å². The fraction of sp³-hybridized carbons (Fsp3) is 0. The van der Waals surface area contributed by atoms with Crippen molar-refractivity contribution in [3.05, 3.63) is 91.0 Å². The van der Waals surface area contributed by atoms with Crippen molar-refractivity contribution in [2.75, 3.05) is 0 Å². The molecule has 0 nitrogen and oxygen atoms in total. The minimum atomic E-state index is -0.446. The average molecular weight is 392 g/mol. The first-order valence-corrected chi connectivity index (χ1v) is 10.9. The van der Waals surface area contributed by atoms with Gasteiger partial charge >= 0.3 is 33.2 Å². The number of hydrogen-bond donors (Lipinski definition) is 0. The molecule has 0 amide bonds. The van der Waals surface area contributed by atoms with Crippen LogP contribution in [-0.4, -0.2) is 0 Å². The molecule has 0 aromatic heterocycles. The second-order valence-electron chi connectivity index (χ2n) is 4.39. The summed E-state index contributed by atoms with van der Waals surface area (Å²) < 4.78 is 0. The van der Waals surface area contributed by atoms with E-state index >= 15 is 0 Å². The Morgan fingerprint density at radius 1 is 0.500 bits per heavy atom. The van der Waals surface area contributed by atoms with E-state index in [2.05, 4.69) is 91.0 Å². The standard InChI is InChI=1S/C18H15P.2ClH.Co/c1-4-10-16(11-5-1)19(17-12-6-2-7-13-17)18-14-8-3-9-15-18;;;/h1-15H;2*1H;/q;;;+2/p-2. The summed E-state index contributed by atoms with van der Waals surface area (Å²) in [5, 5.41) is 4.19. The van der Waals surface area contributed by atoms with Gasteiger partial charge in [0.05, 0.1) is 0 Å². The topological polar surface area (TPSA) is 0 Å². The number of halogens is 2. The van der Waals surface area contributed by atoms with Crippen molar-refractivity contribution in [3.8, 4) is 0 Å². The molecule has 115 valence electrons. The van der Waals surface area contributed by atoms with Crippen LogP contribution in [0.5, 0.6) is 0 Å². The summed E-state index contributed by atoms with van der Waals surface area (Å²) in [6.07, 6.45) is 0. The van der Waals surface area contributed by atoms with Gasteiger partial charge in [-0.2, -0.15) is 0 Å². The zero-order chi connectivity index (χ0) is 15.6. The van der Waals surface area contributed by atoms with Crippen molar-refractivity contribution in [3.63, 3.8) is 0 Å². The maximum Gasteiger partial charge on any atom is -0.0134 e. The fourth-order valence-corrected chi connectivity index (χ4v) is 4.48. The molecule has 0 fully saturated rings. The van der Waals surface area contributed by atoms with Gasteiger partial charge in [-0.3, -0.25) is 0 Å².